The van der Waals surface area contributed by atoms with Crippen LogP contribution in [0.5, 0.6) is 5.75 Å². The van der Waals surface area contributed by atoms with Gasteiger partial charge in [-0.25, -0.2) is 4.79 Å². The molecule has 4 atom stereocenters. The fraction of sp³-hybridized carbons (Fsp3) is 0.600. The lowest BCUT2D eigenvalue weighted by Crippen LogP contribution is -2.48. The maximum Gasteiger partial charge on any atom is 0.319 e. The highest BCUT2D eigenvalue weighted by Gasteiger charge is 2.31. The summed E-state index contributed by atoms with van der Waals surface area (Å²) in [6.45, 7) is 6.65. The molecule has 1 saturated carbocycles. The molecule has 252 valence electrons. The molecule has 1 fully saturated rings. The molecule has 0 spiro atoms. The smallest absolute Gasteiger partial charge is 0.319 e. The van der Waals surface area contributed by atoms with Crippen molar-refractivity contribution in [2.75, 3.05) is 38.7 Å². The number of benzene rings is 1. The van der Waals surface area contributed by atoms with Gasteiger partial charge in [-0.1, -0.05) is 26.2 Å². The van der Waals surface area contributed by atoms with Crippen LogP contribution in [-0.2, 0) is 4.74 Å². The summed E-state index contributed by atoms with van der Waals surface area (Å²) < 4.78 is 12.7. The lowest BCUT2D eigenvalue weighted by Gasteiger charge is -2.36. The molecule has 2 heterocycles. The van der Waals surface area contributed by atoms with Gasteiger partial charge in [0.05, 0.1) is 30.4 Å². The van der Waals surface area contributed by atoms with E-state index >= 15 is 0 Å². The van der Waals surface area contributed by atoms with Gasteiger partial charge in [0.25, 0.3) is 11.8 Å². The predicted molar refractivity (Wildman–Crippen MR) is 177 cm³/mol. The number of ether oxygens (including phenoxy) is 2. The van der Waals surface area contributed by atoms with E-state index < -0.39 is 6.04 Å². The number of anilines is 1. The van der Waals surface area contributed by atoms with Crippen molar-refractivity contribution < 1.29 is 29.0 Å². The van der Waals surface area contributed by atoms with Gasteiger partial charge in [-0.2, -0.15) is 0 Å². The van der Waals surface area contributed by atoms with Crippen LogP contribution in [-0.4, -0.2) is 95.4 Å². The number of carbonyl (C=O) groups excluding carboxylic acids is 3. The molecule has 1 aliphatic carbocycles. The van der Waals surface area contributed by atoms with Crippen LogP contribution in [0.3, 0.4) is 0 Å². The Bertz CT molecular complexity index is 1290. The van der Waals surface area contributed by atoms with Crippen molar-refractivity contribution in [3.05, 3.63) is 53.9 Å². The second-order valence-corrected chi connectivity index (χ2v) is 12.9. The quantitative estimate of drug-likeness (QED) is 0.385. The van der Waals surface area contributed by atoms with Crippen molar-refractivity contribution in [1.29, 1.82) is 0 Å². The molecule has 0 unspecified atom stereocenters. The van der Waals surface area contributed by atoms with Crippen LogP contribution in [0.4, 0.5) is 10.5 Å². The highest BCUT2D eigenvalue weighted by atomic mass is 16.5. The summed E-state index contributed by atoms with van der Waals surface area (Å²) in [5.41, 5.74) is 1.34. The zero-order valence-electron chi connectivity index (χ0n) is 27.7. The largest absolute Gasteiger partial charge is 0.490 e. The highest BCUT2D eigenvalue weighted by Crippen LogP contribution is 2.29. The van der Waals surface area contributed by atoms with Crippen LogP contribution in [0.1, 0.15) is 92.9 Å². The molecule has 1 aromatic carbocycles. The Morgan fingerprint density at radius 1 is 1.07 bits per heavy atom. The number of urea groups is 1. The number of fused-ring (bicyclic) bond motifs is 1. The number of likely N-dealkylation sites (N-methyl/N-ethyl adjacent to an activating group) is 1. The fourth-order valence-electron chi connectivity index (χ4n) is 6.13. The van der Waals surface area contributed by atoms with Gasteiger partial charge in [0.15, 0.2) is 0 Å². The van der Waals surface area contributed by atoms with Crippen molar-refractivity contribution in [1.82, 2.24) is 20.1 Å². The topological polar surface area (TPSA) is 133 Å². The maximum atomic E-state index is 14.3. The first kappa shape index (κ1) is 35.2. The van der Waals surface area contributed by atoms with E-state index in [-0.39, 0.29) is 55.2 Å². The molecule has 0 radical (unpaired) electrons. The Kier molecular flexibility index (Phi) is 13.2. The van der Waals surface area contributed by atoms with Crippen LogP contribution in [0.15, 0.2) is 42.7 Å². The van der Waals surface area contributed by atoms with Gasteiger partial charge in [0, 0.05) is 62.3 Å². The van der Waals surface area contributed by atoms with Gasteiger partial charge >= 0.3 is 6.03 Å². The number of amides is 4. The van der Waals surface area contributed by atoms with E-state index in [0.29, 0.717) is 35.7 Å². The number of carbonyl (C=O) groups is 3. The standard InChI is InChI=1S/C35H51N5O6/c1-24-21-40(25(2)23-41)34(43)30-20-29(38-35(44)37-28-11-6-5-7-12-28)13-14-31(30)46-26(3)10-8-9-19-45-32(24)22-39(4)33(42)27-15-17-36-18-16-27/h13-18,20,24-26,28,32,41H,5-12,19,21-23H2,1-4H3,(H2,37,38,44)/t24-,25+,26+,32+/m0/s1. The maximum absolute atomic E-state index is 14.3. The summed E-state index contributed by atoms with van der Waals surface area (Å²) >= 11 is 0. The number of aliphatic hydroxyl groups is 1. The van der Waals surface area contributed by atoms with Gasteiger partial charge in [-0.05, 0) is 76.3 Å². The molecule has 11 heteroatoms. The molecule has 0 saturated heterocycles. The first-order valence-corrected chi connectivity index (χ1v) is 16.7. The second-order valence-electron chi connectivity index (χ2n) is 12.9. The molecule has 0 bridgehead atoms. The number of hydrogen-bond acceptors (Lipinski definition) is 7. The first-order valence-electron chi connectivity index (χ1n) is 16.7. The predicted octanol–water partition coefficient (Wildman–Crippen LogP) is 5.10. The third-order valence-corrected chi connectivity index (χ3v) is 8.98. The van der Waals surface area contributed by atoms with E-state index in [1.807, 2.05) is 13.8 Å². The number of rotatable bonds is 7. The van der Waals surface area contributed by atoms with E-state index in [9.17, 15) is 19.5 Å². The Balaban J connectivity index is 1.58. The van der Waals surface area contributed by atoms with Gasteiger partial charge in [0.2, 0.25) is 0 Å². The summed E-state index contributed by atoms with van der Waals surface area (Å²) in [6.07, 6.45) is 10.4. The minimum Gasteiger partial charge on any atom is -0.490 e. The average Bonchev–Trinajstić information content (AvgIpc) is 3.06. The van der Waals surface area contributed by atoms with Crippen LogP contribution in [0.25, 0.3) is 0 Å². The molecule has 3 N–H and O–H groups in total. The number of aliphatic hydroxyl groups excluding tert-OH is 1. The van der Waals surface area contributed by atoms with Crippen molar-refractivity contribution in [2.24, 2.45) is 5.92 Å². The lowest BCUT2D eigenvalue weighted by atomic mass is 9.96. The van der Waals surface area contributed by atoms with E-state index in [1.165, 1.54) is 6.42 Å². The van der Waals surface area contributed by atoms with Crippen molar-refractivity contribution in [2.45, 2.75) is 96.4 Å². The lowest BCUT2D eigenvalue weighted by molar-refractivity contribution is -0.0149. The van der Waals surface area contributed by atoms with Crippen molar-refractivity contribution in [3.8, 4) is 5.75 Å². The zero-order valence-corrected chi connectivity index (χ0v) is 27.7. The van der Waals surface area contributed by atoms with Crippen molar-refractivity contribution in [3.63, 3.8) is 0 Å². The summed E-state index contributed by atoms with van der Waals surface area (Å²) in [7, 11) is 1.75. The monoisotopic (exact) mass is 637 g/mol. The van der Waals surface area contributed by atoms with E-state index in [4.69, 9.17) is 9.47 Å². The summed E-state index contributed by atoms with van der Waals surface area (Å²) in [6, 6.07) is 7.87. The van der Waals surface area contributed by atoms with Crippen LogP contribution < -0.4 is 15.4 Å². The van der Waals surface area contributed by atoms with Gasteiger partial charge in [-0.15, -0.1) is 0 Å². The molecule has 46 heavy (non-hydrogen) atoms. The summed E-state index contributed by atoms with van der Waals surface area (Å²) in [5, 5.41) is 16.2. The van der Waals surface area contributed by atoms with E-state index in [0.717, 1.165) is 44.9 Å². The molecule has 4 rings (SSSR count). The minimum absolute atomic E-state index is 0.137. The van der Waals surface area contributed by atoms with Crippen LogP contribution in [0.2, 0.25) is 0 Å². The average molecular weight is 638 g/mol. The second kappa shape index (κ2) is 17.3. The molecular weight excluding hydrogens is 586 g/mol. The third-order valence-electron chi connectivity index (χ3n) is 8.98. The molecule has 1 aromatic heterocycles. The summed E-state index contributed by atoms with van der Waals surface area (Å²) in [5.74, 6) is -0.198. The Labute approximate surface area is 273 Å². The Hall–Kier alpha value is -3.70. The first-order chi connectivity index (χ1) is 22.2. The molecule has 4 amide bonds. The zero-order chi connectivity index (χ0) is 33.1. The SMILES string of the molecule is C[C@@H]1CCCCO[C@H](CN(C)C(=O)c2ccncc2)[C@@H](C)CN([C@H](C)CO)C(=O)c2cc(NC(=O)NC3CCCCC3)ccc2O1. The van der Waals surface area contributed by atoms with Gasteiger partial charge in [-0.3, -0.25) is 14.6 Å². The fourth-order valence-corrected chi connectivity index (χ4v) is 6.13. The third kappa shape index (κ3) is 9.90. The molecule has 1 aliphatic heterocycles. The number of nitrogens with zero attached hydrogens (tertiary/aromatic N) is 3. The molecular formula is C35H51N5O6. The van der Waals surface area contributed by atoms with Crippen LogP contribution >= 0.6 is 0 Å². The highest BCUT2D eigenvalue weighted by molar-refractivity contribution is 5.99. The number of nitrogens with one attached hydrogen (secondary N) is 2. The number of hydrogen-bond donors (Lipinski definition) is 3. The van der Waals surface area contributed by atoms with Gasteiger partial charge in [0.1, 0.15) is 5.75 Å². The number of aromatic nitrogens is 1. The van der Waals surface area contributed by atoms with E-state index in [1.54, 1.807) is 66.5 Å². The Morgan fingerprint density at radius 3 is 2.50 bits per heavy atom. The Morgan fingerprint density at radius 2 is 1.78 bits per heavy atom. The molecule has 11 nitrogen and oxygen atoms in total. The molecule has 2 aliphatic rings. The van der Waals surface area contributed by atoms with Gasteiger partial charge < -0.3 is 35.0 Å². The normalized spacial score (nSPS) is 22.5. The van der Waals surface area contributed by atoms with E-state index in [2.05, 4.69) is 15.6 Å². The minimum atomic E-state index is -0.504. The van der Waals surface area contributed by atoms with Crippen LogP contribution in [0, 0.1) is 5.92 Å². The molecule has 2 aromatic rings. The van der Waals surface area contributed by atoms with Crippen molar-refractivity contribution >= 4 is 23.5 Å². The number of pyridine rings is 1. The summed E-state index contributed by atoms with van der Waals surface area (Å²) in [4.78, 5) is 47.6.